The number of anilines is 1. The van der Waals surface area contributed by atoms with Gasteiger partial charge in [0.15, 0.2) is 0 Å². The van der Waals surface area contributed by atoms with Crippen LogP contribution in [0.3, 0.4) is 0 Å². The van der Waals surface area contributed by atoms with E-state index in [0.717, 1.165) is 25.1 Å². The molecule has 168 valence electrons. The van der Waals surface area contributed by atoms with Gasteiger partial charge in [0, 0.05) is 47.8 Å². The molecule has 0 bridgehead atoms. The highest BCUT2D eigenvalue weighted by Crippen LogP contribution is 2.45. The summed E-state index contributed by atoms with van der Waals surface area (Å²) in [5.74, 6) is 0.919. The molecule has 1 saturated heterocycles. The number of likely N-dealkylation sites (tertiary alicyclic amines) is 1. The van der Waals surface area contributed by atoms with E-state index in [4.69, 9.17) is 0 Å². The van der Waals surface area contributed by atoms with Crippen molar-refractivity contribution in [2.75, 3.05) is 25.5 Å². The molecule has 2 aliphatic rings. The number of carbonyl (C=O) groups excluding carboxylic acids is 1. The Morgan fingerprint density at radius 2 is 1.97 bits per heavy atom. The number of aromatic amines is 1. The van der Waals surface area contributed by atoms with Gasteiger partial charge in [-0.25, -0.2) is 4.79 Å². The molecule has 5 heteroatoms. The lowest BCUT2D eigenvalue weighted by Gasteiger charge is -2.46. The summed E-state index contributed by atoms with van der Waals surface area (Å²) in [7, 11) is 2.25. The summed E-state index contributed by atoms with van der Waals surface area (Å²) in [6, 6.07) is 14.8. The van der Waals surface area contributed by atoms with E-state index in [0.29, 0.717) is 24.4 Å². The number of carbonyl (C=O) groups is 1. The van der Waals surface area contributed by atoms with E-state index in [1.165, 1.54) is 27.6 Å². The number of para-hydroxylation sites is 1. The number of piperidine rings is 1. The molecule has 32 heavy (non-hydrogen) atoms. The Hall–Kier alpha value is -2.79. The summed E-state index contributed by atoms with van der Waals surface area (Å²) in [4.78, 5) is 18.5. The average Bonchev–Trinajstić information content (AvgIpc) is 3.17. The maximum absolute atomic E-state index is 12.4. The fraction of sp³-hybridized carbons (Fsp3) is 0.444. The summed E-state index contributed by atoms with van der Waals surface area (Å²) < 4.78 is 0. The van der Waals surface area contributed by atoms with Gasteiger partial charge in [-0.3, -0.25) is 0 Å². The van der Waals surface area contributed by atoms with E-state index in [-0.39, 0.29) is 11.4 Å². The molecule has 2 heterocycles. The molecule has 1 aliphatic carbocycles. The third kappa shape index (κ3) is 3.90. The first-order valence-corrected chi connectivity index (χ1v) is 11.7. The van der Waals surface area contributed by atoms with Crippen molar-refractivity contribution >= 4 is 22.6 Å². The maximum Gasteiger partial charge on any atom is 0.319 e. The molecule has 1 aromatic heterocycles. The minimum absolute atomic E-state index is 0.111. The molecule has 2 aromatic carbocycles. The minimum atomic E-state index is -0.130. The van der Waals surface area contributed by atoms with E-state index >= 15 is 0 Å². The zero-order valence-corrected chi connectivity index (χ0v) is 19.5. The smallest absolute Gasteiger partial charge is 0.319 e. The molecule has 3 aromatic rings. The van der Waals surface area contributed by atoms with Crippen LogP contribution in [0.1, 0.15) is 49.8 Å². The third-order valence-electron chi connectivity index (χ3n) is 7.33. The Bertz CT molecular complexity index is 1130. The van der Waals surface area contributed by atoms with Gasteiger partial charge in [0.05, 0.1) is 0 Å². The lowest BCUT2D eigenvalue weighted by atomic mass is 9.71. The van der Waals surface area contributed by atoms with Crippen molar-refractivity contribution in [2.45, 2.75) is 51.0 Å². The van der Waals surface area contributed by atoms with Crippen LogP contribution in [-0.4, -0.2) is 42.1 Å². The number of H-pyrrole nitrogens is 1. The molecule has 0 spiro atoms. The normalized spacial score (nSPS) is 23.1. The molecule has 3 N–H and O–H groups in total. The summed E-state index contributed by atoms with van der Waals surface area (Å²) in [6.07, 6.45) is 4.41. The number of nitrogens with one attached hydrogen (secondary N) is 3. The van der Waals surface area contributed by atoms with Crippen molar-refractivity contribution in [3.63, 3.8) is 0 Å². The van der Waals surface area contributed by atoms with Crippen molar-refractivity contribution in [3.05, 3.63) is 65.4 Å². The number of hydrogen-bond donors (Lipinski definition) is 3. The van der Waals surface area contributed by atoms with E-state index in [9.17, 15) is 4.79 Å². The van der Waals surface area contributed by atoms with Crippen molar-refractivity contribution < 1.29 is 4.79 Å². The largest absolute Gasteiger partial charge is 0.361 e. The van der Waals surface area contributed by atoms with Crippen LogP contribution < -0.4 is 10.6 Å². The van der Waals surface area contributed by atoms with Gasteiger partial charge in [0.1, 0.15) is 0 Å². The number of amides is 2. The highest BCUT2D eigenvalue weighted by Gasteiger charge is 2.40. The molecule has 5 nitrogen and oxygen atoms in total. The number of likely N-dealkylation sites (N-methyl/N-ethyl adjacent to an activating group) is 1. The van der Waals surface area contributed by atoms with E-state index in [1.807, 2.05) is 30.3 Å². The summed E-state index contributed by atoms with van der Waals surface area (Å²) in [5.41, 5.74) is 6.53. The number of rotatable bonds is 3. The standard InChI is InChI=1S/C27H34N4O/c1-27(2,3)19-12-22-21-10-17(14-29-26(32)30-20-8-6-5-7-9-20)16-31(4)24(21)11-18-15-28-23(13-19)25(18)22/h5-9,12-13,15,17,21,24,28H,10-11,14,16H2,1-4H3,(H2,29,30,32)/t17?,21-,24-/m1/s1. The molecular formula is C27H34N4O. The summed E-state index contributed by atoms with van der Waals surface area (Å²) in [5, 5.41) is 7.47. The van der Waals surface area contributed by atoms with Crippen molar-refractivity contribution in [3.8, 4) is 0 Å². The quantitative estimate of drug-likeness (QED) is 0.532. The first-order valence-electron chi connectivity index (χ1n) is 11.7. The van der Waals surface area contributed by atoms with E-state index in [1.54, 1.807) is 0 Å². The Balaban J connectivity index is 1.36. The van der Waals surface area contributed by atoms with Gasteiger partial charge in [-0.1, -0.05) is 45.0 Å². The van der Waals surface area contributed by atoms with Gasteiger partial charge in [-0.2, -0.15) is 0 Å². The Morgan fingerprint density at radius 1 is 1.19 bits per heavy atom. The Morgan fingerprint density at radius 3 is 2.72 bits per heavy atom. The Kier molecular flexibility index (Phi) is 5.25. The van der Waals surface area contributed by atoms with Gasteiger partial charge in [-0.05, 0) is 66.1 Å². The molecule has 1 fully saturated rings. The summed E-state index contributed by atoms with van der Waals surface area (Å²) in [6.45, 7) is 8.56. The molecule has 5 rings (SSSR count). The second-order valence-electron chi connectivity index (χ2n) is 10.7. The maximum atomic E-state index is 12.4. The highest BCUT2D eigenvalue weighted by molar-refractivity contribution is 5.90. The van der Waals surface area contributed by atoms with E-state index < -0.39 is 0 Å². The molecular weight excluding hydrogens is 396 g/mol. The lowest BCUT2D eigenvalue weighted by Crippen LogP contribution is -2.50. The van der Waals surface area contributed by atoms with Crippen LogP contribution in [0, 0.1) is 5.92 Å². The van der Waals surface area contributed by atoms with Crippen LogP contribution in [0.2, 0.25) is 0 Å². The topological polar surface area (TPSA) is 60.2 Å². The van der Waals surface area contributed by atoms with Crippen LogP contribution in [0.15, 0.2) is 48.7 Å². The van der Waals surface area contributed by atoms with Crippen LogP contribution in [0.25, 0.3) is 10.9 Å². The highest BCUT2D eigenvalue weighted by atomic mass is 16.2. The number of hydrogen-bond acceptors (Lipinski definition) is 2. The number of aromatic nitrogens is 1. The number of fused-ring (bicyclic) bond motifs is 2. The van der Waals surface area contributed by atoms with Gasteiger partial charge in [0.25, 0.3) is 0 Å². The molecule has 0 radical (unpaired) electrons. The van der Waals surface area contributed by atoms with Gasteiger partial charge < -0.3 is 20.5 Å². The predicted octanol–water partition coefficient (Wildman–Crippen LogP) is 5.25. The molecule has 0 saturated carbocycles. The monoisotopic (exact) mass is 430 g/mol. The fourth-order valence-corrected chi connectivity index (χ4v) is 5.64. The SMILES string of the molecule is CN1CC(CNC(=O)Nc2ccccc2)C[C@@H]2c3cc(C(C)(C)C)cc4[nH]cc(c34)C[C@H]21. The lowest BCUT2D eigenvalue weighted by molar-refractivity contribution is 0.112. The first-order chi connectivity index (χ1) is 15.3. The third-order valence-corrected chi connectivity index (χ3v) is 7.33. The van der Waals surface area contributed by atoms with Gasteiger partial charge in [-0.15, -0.1) is 0 Å². The summed E-state index contributed by atoms with van der Waals surface area (Å²) >= 11 is 0. The predicted molar refractivity (Wildman–Crippen MR) is 131 cm³/mol. The van der Waals surface area contributed by atoms with Gasteiger partial charge in [0.2, 0.25) is 0 Å². The molecule has 2 amide bonds. The average molecular weight is 431 g/mol. The van der Waals surface area contributed by atoms with Gasteiger partial charge >= 0.3 is 6.03 Å². The van der Waals surface area contributed by atoms with Crippen LogP contribution in [0.5, 0.6) is 0 Å². The minimum Gasteiger partial charge on any atom is -0.361 e. The first kappa shape index (κ1) is 21.1. The second-order valence-corrected chi connectivity index (χ2v) is 10.7. The zero-order valence-electron chi connectivity index (χ0n) is 19.5. The number of urea groups is 1. The number of benzene rings is 2. The van der Waals surface area contributed by atoms with Crippen LogP contribution in [-0.2, 0) is 11.8 Å². The number of nitrogens with zero attached hydrogens (tertiary/aromatic N) is 1. The fourth-order valence-electron chi connectivity index (χ4n) is 5.64. The molecule has 3 atom stereocenters. The van der Waals surface area contributed by atoms with Crippen molar-refractivity contribution in [2.24, 2.45) is 5.92 Å². The van der Waals surface area contributed by atoms with Crippen molar-refractivity contribution in [1.82, 2.24) is 15.2 Å². The molecule has 1 aliphatic heterocycles. The Labute approximate surface area is 190 Å². The second kappa shape index (κ2) is 7.96. The molecule has 1 unspecified atom stereocenters. The van der Waals surface area contributed by atoms with Crippen LogP contribution >= 0.6 is 0 Å². The zero-order chi connectivity index (χ0) is 22.5. The van der Waals surface area contributed by atoms with Crippen LogP contribution in [0.4, 0.5) is 10.5 Å². The van der Waals surface area contributed by atoms with E-state index in [2.05, 4.69) is 66.7 Å². The van der Waals surface area contributed by atoms with Crippen molar-refractivity contribution in [1.29, 1.82) is 0 Å².